The summed E-state index contributed by atoms with van der Waals surface area (Å²) >= 11 is 0. The Morgan fingerprint density at radius 2 is 1.92 bits per heavy atom. The summed E-state index contributed by atoms with van der Waals surface area (Å²) in [7, 11) is 0. The minimum absolute atomic E-state index is 0.0300. The molecule has 7 heteroatoms. The summed E-state index contributed by atoms with van der Waals surface area (Å²) in [6.45, 7) is 4.48. The van der Waals surface area contributed by atoms with Crippen LogP contribution >= 0.6 is 0 Å². The van der Waals surface area contributed by atoms with Crippen molar-refractivity contribution in [3.63, 3.8) is 0 Å². The van der Waals surface area contributed by atoms with E-state index >= 15 is 0 Å². The van der Waals surface area contributed by atoms with Crippen molar-refractivity contribution in [1.29, 1.82) is 0 Å². The maximum atomic E-state index is 12.5. The highest BCUT2D eigenvalue weighted by molar-refractivity contribution is 5.91. The first-order valence-corrected chi connectivity index (χ1v) is 8.68. The summed E-state index contributed by atoms with van der Waals surface area (Å²) in [5.74, 6) is 1.13. The zero-order valence-corrected chi connectivity index (χ0v) is 14.1. The molecule has 2 aromatic heterocycles. The minimum Gasteiger partial charge on any atom is -0.459 e. The van der Waals surface area contributed by atoms with Gasteiger partial charge in [0.2, 0.25) is 5.95 Å². The average molecular weight is 342 g/mol. The van der Waals surface area contributed by atoms with Crippen LogP contribution in [0.4, 0.5) is 5.95 Å². The number of rotatable bonds is 2. The van der Waals surface area contributed by atoms with E-state index in [-0.39, 0.29) is 11.3 Å². The van der Waals surface area contributed by atoms with Crippen LogP contribution in [0.25, 0.3) is 0 Å². The van der Waals surface area contributed by atoms with Crippen LogP contribution in [-0.4, -0.2) is 60.2 Å². The lowest BCUT2D eigenvalue weighted by molar-refractivity contribution is 0.0196. The molecule has 0 aromatic carbocycles. The number of hydrogen-bond donors (Lipinski definition) is 0. The Balaban J connectivity index is 1.44. The molecular weight excluding hydrogens is 320 g/mol. The quantitative estimate of drug-likeness (QED) is 0.829. The van der Waals surface area contributed by atoms with E-state index in [1.807, 2.05) is 11.0 Å². The van der Waals surface area contributed by atoms with Crippen LogP contribution in [0.3, 0.4) is 0 Å². The van der Waals surface area contributed by atoms with Crippen molar-refractivity contribution in [1.82, 2.24) is 14.9 Å². The van der Waals surface area contributed by atoms with E-state index in [9.17, 15) is 4.79 Å². The van der Waals surface area contributed by atoms with Gasteiger partial charge in [0.05, 0.1) is 19.5 Å². The molecule has 2 aliphatic heterocycles. The van der Waals surface area contributed by atoms with Gasteiger partial charge in [-0.25, -0.2) is 9.97 Å². The third kappa shape index (κ3) is 3.37. The number of likely N-dealkylation sites (tertiary alicyclic amines) is 1. The first-order chi connectivity index (χ1) is 12.3. The van der Waals surface area contributed by atoms with Crippen molar-refractivity contribution in [2.75, 3.05) is 44.3 Å². The van der Waals surface area contributed by atoms with Gasteiger partial charge in [-0.2, -0.15) is 0 Å². The van der Waals surface area contributed by atoms with Crippen LogP contribution in [0.1, 0.15) is 23.4 Å². The van der Waals surface area contributed by atoms with Gasteiger partial charge < -0.3 is 19.0 Å². The van der Waals surface area contributed by atoms with Gasteiger partial charge in [-0.05, 0) is 31.0 Å². The third-order valence-corrected chi connectivity index (χ3v) is 5.12. The highest BCUT2D eigenvalue weighted by atomic mass is 16.5. The Kier molecular flexibility index (Phi) is 4.40. The molecule has 25 heavy (non-hydrogen) atoms. The van der Waals surface area contributed by atoms with E-state index in [0.717, 1.165) is 38.5 Å². The fourth-order valence-electron chi connectivity index (χ4n) is 3.66. The number of carbonyl (C=O) groups is 1. The van der Waals surface area contributed by atoms with Gasteiger partial charge >= 0.3 is 0 Å². The SMILES string of the molecule is O=C(c1ccco1)N1CCC2(CC1)COCCN(c1ncccn1)C2. The first-order valence-electron chi connectivity index (χ1n) is 8.68. The number of nitrogens with zero attached hydrogens (tertiary/aromatic N) is 4. The highest BCUT2D eigenvalue weighted by Gasteiger charge is 2.40. The molecule has 0 radical (unpaired) electrons. The van der Waals surface area contributed by atoms with E-state index in [2.05, 4.69) is 14.9 Å². The van der Waals surface area contributed by atoms with E-state index in [1.54, 1.807) is 24.5 Å². The molecule has 2 aliphatic rings. The lowest BCUT2D eigenvalue weighted by Crippen LogP contribution is -2.49. The summed E-state index contributed by atoms with van der Waals surface area (Å²) in [5, 5.41) is 0. The summed E-state index contributed by atoms with van der Waals surface area (Å²) < 4.78 is 11.1. The molecule has 2 fully saturated rings. The third-order valence-electron chi connectivity index (χ3n) is 5.12. The highest BCUT2D eigenvalue weighted by Crippen LogP contribution is 2.35. The van der Waals surface area contributed by atoms with Gasteiger partial charge in [0.25, 0.3) is 5.91 Å². The zero-order valence-electron chi connectivity index (χ0n) is 14.1. The maximum absolute atomic E-state index is 12.5. The Morgan fingerprint density at radius 3 is 2.64 bits per heavy atom. The number of hydrogen-bond acceptors (Lipinski definition) is 6. The lowest BCUT2D eigenvalue weighted by atomic mass is 9.78. The van der Waals surface area contributed by atoms with Gasteiger partial charge in [-0.3, -0.25) is 4.79 Å². The molecule has 0 atom stereocenters. The molecule has 0 bridgehead atoms. The van der Waals surface area contributed by atoms with Crippen molar-refractivity contribution < 1.29 is 13.9 Å². The maximum Gasteiger partial charge on any atom is 0.289 e. The fraction of sp³-hybridized carbons (Fsp3) is 0.500. The van der Waals surface area contributed by atoms with Crippen LogP contribution in [0.5, 0.6) is 0 Å². The van der Waals surface area contributed by atoms with Gasteiger partial charge in [0.15, 0.2) is 5.76 Å². The van der Waals surface area contributed by atoms with Crippen molar-refractivity contribution in [3.05, 3.63) is 42.6 Å². The summed E-state index contributed by atoms with van der Waals surface area (Å²) in [4.78, 5) is 25.3. The number of piperidine rings is 1. The number of aromatic nitrogens is 2. The van der Waals surface area contributed by atoms with Gasteiger partial charge in [0, 0.05) is 44.0 Å². The summed E-state index contributed by atoms with van der Waals surface area (Å²) in [6.07, 6.45) is 6.89. The Bertz CT molecular complexity index is 696. The van der Waals surface area contributed by atoms with E-state index in [4.69, 9.17) is 9.15 Å². The van der Waals surface area contributed by atoms with Crippen LogP contribution in [0.2, 0.25) is 0 Å². The smallest absolute Gasteiger partial charge is 0.289 e. The van der Waals surface area contributed by atoms with Crippen LogP contribution < -0.4 is 4.90 Å². The molecule has 132 valence electrons. The zero-order chi connectivity index (χ0) is 17.1. The molecule has 4 rings (SSSR count). The number of carbonyl (C=O) groups excluding carboxylic acids is 1. The normalized spacial score (nSPS) is 20.5. The predicted octanol–water partition coefficient (Wildman–Crippen LogP) is 1.83. The first kappa shape index (κ1) is 16.1. The second-order valence-corrected chi connectivity index (χ2v) is 6.79. The molecule has 0 unspecified atom stereocenters. The van der Waals surface area contributed by atoms with Gasteiger partial charge in [-0.1, -0.05) is 0 Å². The summed E-state index contributed by atoms with van der Waals surface area (Å²) in [5.41, 5.74) is 0.0373. The number of ether oxygens (including phenoxy) is 1. The van der Waals surface area contributed by atoms with E-state index < -0.39 is 0 Å². The average Bonchev–Trinajstić information content (AvgIpc) is 3.12. The van der Waals surface area contributed by atoms with Crippen LogP contribution in [-0.2, 0) is 4.74 Å². The Hall–Kier alpha value is -2.41. The van der Waals surface area contributed by atoms with Crippen molar-refractivity contribution in [3.8, 4) is 0 Å². The second-order valence-electron chi connectivity index (χ2n) is 6.79. The molecular formula is C18H22N4O3. The second kappa shape index (κ2) is 6.84. The largest absolute Gasteiger partial charge is 0.459 e. The Labute approximate surface area is 146 Å². The number of amides is 1. The molecule has 0 aliphatic carbocycles. The molecule has 1 spiro atoms. The standard InChI is InChI=1S/C18H22N4O3/c23-16(15-3-1-11-25-15)21-8-4-18(5-9-21)13-22(10-12-24-14-18)17-19-6-2-7-20-17/h1-3,6-7,11H,4-5,8-10,12-14H2. The van der Waals surface area contributed by atoms with Gasteiger partial charge in [-0.15, -0.1) is 0 Å². The predicted molar refractivity (Wildman–Crippen MR) is 91.3 cm³/mol. The molecule has 1 amide bonds. The summed E-state index contributed by atoms with van der Waals surface area (Å²) in [6, 6.07) is 5.29. The molecule has 0 saturated carbocycles. The molecule has 0 N–H and O–H groups in total. The molecule has 7 nitrogen and oxygen atoms in total. The molecule has 2 aromatic rings. The Morgan fingerprint density at radius 1 is 1.12 bits per heavy atom. The molecule has 4 heterocycles. The van der Waals surface area contributed by atoms with Crippen molar-refractivity contribution in [2.24, 2.45) is 5.41 Å². The van der Waals surface area contributed by atoms with Crippen LogP contribution in [0.15, 0.2) is 41.3 Å². The monoisotopic (exact) mass is 342 g/mol. The van der Waals surface area contributed by atoms with E-state index in [0.29, 0.717) is 25.5 Å². The lowest BCUT2D eigenvalue weighted by Gasteiger charge is -2.42. The van der Waals surface area contributed by atoms with Crippen molar-refractivity contribution in [2.45, 2.75) is 12.8 Å². The number of furan rings is 1. The fourth-order valence-corrected chi connectivity index (χ4v) is 3.66. The van der Waals surface area contributed by atoms with Gasteiger partial charge in [0.1, 0.15) is 0 Å². The topological polar surface area (TPSA) is 71.7 Å². The minimum atomic E-state index is -0.0300. The number of anilines is 1. The molecule has 2 saturated heterocycles. The van der Waals surface area contributed by atoms with E-state index in [1.165, 1.54) is 6.26 Å². The van der Waals surface area contributed by atoms with Crippen molar-refractivity contribution >= 4 is 11.9 Å². The van der Waals surface area contributed by atoms with Crippen LogP contribution in [0, 0.1) is 5.41 Å².